The zero-order valence-electron chi connectivity index (χ0n) is 10.7. The molecule has 2 rings (SSSR count). The van der Waals surface area contributed by atoms with Crippen LogP contribution in [0.5, 0.6) is 0 Å². The molecule has 0 bridgehead atoms. The smallest absolute Gasteiger partial charge is 0.303 e. The zero-order valence-corrected chi connectivity index (χ0v) is 11.5. The molecular formula is C12H15FN2O4S. The number of carbonyl (C=O) groups is 1. The Kier molecular flexibility index (Phi) is 4.34. The van der Waals surface area contributed by atoms with Crippen molar-refractivity contribution in [2.45, 2.75) is 24.2 Å². The summed E-state index contributed by atoms with van der Waals surface area (Å²) in [6.45, 7) is 0.593. The van der Waals surface area contributed by atoms with Crippen LogP contribution in [0.25, 0.3) is 0 Å². The molecule has 1 N–H and O–H groups in total. The van der Waals surface area contributed by atoms with E-state index in [0.29, 0.717) is 19.4 Å². The summed E-state index contributed by atoms with van der Waals surface area (Å²) >= 11 is 0. The van der Waals surface area contributed by atoms with Gasteiger partial charge < -0.3 is 5.11 Å². The lowest BCUT2D eigenvalue weighted by molar-refractivity contribution is -0.137. The van der Waals surface area contributed by atoms with Crippen molar-refractivity contribution in [1.29, 1.82) is 0 Å². The van der Waals surface area contributed by atoms with E-state index in [4.69, 9.17) is 5.11 Å². The van der Waals surface area contributed by atoms with Crippen LogP contribution in [0.15, 0.2) is 23.4 Å². The van der Waals surface area contributed by atoms with Gasteiger partial charge in [-0.15, -0.1) is 0 Å². The van der Waals surface area contributed by atoms with Gasteiger partial charge in [0.05, 0.1) is 6.20 Å². The topological polar surface area (TPSA) is 87.6 Å². The van der Waals surface area contributed by atoms with E-state index in [-0.39, 0.29) is 23.8 Å². The summed E-state index contributed by atoms with van der Waals surface area (Å²) in [4.78, 5) is 13.9. The van der Waals surface area contributed by atoms with Crippen molar-refractivity contribution in [3.05, 3.63) is 24.3 Å². The Balaban J connectivity index is 2.07. The van der Waals surface area contributed by atoms with Gasteiger partial charge >= 0.3 is 5.97 Å². The molecule has 6 nitrogen and oxygen atoms in total. The fourth-order valence-corrected chi connectivity index (χ4v) is 3.77. The highest BCUT2D eigenvalue weighted by Crippen LogP contribution is 2.26. The lowest BCUT2D eigenvalue weighted by atomic mass is 10.0. The van der Waals surface area contributed by atoms with Crippen molar-refractivity contribution >= 4 is 16.0 Å². The molecule has 1 aromatic rings. The van der Waals surface area contributed by atoms with Gasteiger partial charge in [0.15, 0.2) is 0 Å². The molecule has 1 aliphatic heterocycles. The van der Waals surface area contributed by atoms with Crippen LogP contribution in [0, 0.1) is 11.7 Å². The van der Waals surface area contributed by atoms with Gasteiger partial charge in [-0.1, -0.05) is 0 Å². The Hall–Kier alpha value is -1.54. The fraction of sp³-hybridized carbons (Fsp3) is 0.500. The molecule has 20 heavy (non-hydrogen) atoms. The maximum absolute atomic E-state index is 13.1. The Morgan fingerprint density at radius 1 is 1.50 bits per heavy atom. The van der Waals surface area contributed by atoms with Crippen LogP contribution in [-0.2, 0) is 14.8 Å². The summed E-state index contributed by atoms with van der Waals surface area (Å²) in [5.41, 5.74) is 0. The molecule has 1 saturated heterocycles. The van der Waals surface area contributed by atoms with E-state index in [2.05, 4.69) is 4.98 Å². The minimum Gasteiger partial charge on any atom is -0.481 e. The predicted octanol–water partition coefficient (Wildman–Crippen LogP) is 1.10. The first-order chi connectivity index (χ1) is 9.39. The molecule has 2 heterocycles. The zero-order chi connectivity index (χ0) is 14.8. The van der Waals surface area contributed by atoms with Crippen LogP contribution < -0.4 is 0 Å². The van der Waals surface area contributed by atoms with Crippen molar-refractivity contribution in [2.24, 2.45) is 5.92 Å². The summed E-state index contributed by atoms with van der Waals surface area (Å²) in [6.07, 6.45) is 3.15. The molecule has 0 spiro atoms. The number of carboxylic acid groups (broad SMARTS) is 1. The van der Waals surface area contributed by atoms with E-state index in [9.17, 15) is 17.6 Å². The third kappa shape index (κ3) is 3.31. The van der Waals surface area contributed by atoms with E-state index >= 15 is 0 Å². The van der Waals surface area contributed by atoms with Crippen LogP contribution in [0.4, 0.5) is 4.39 Å². The quantitative estimate of drug-likeness (QED) is 0.880. The number of carboxylic acids is 1. The molecular weight excluding hydrogens is 287 g/mol. The predicted molar refractivity (Wildman–Crippen MR) is 67.9 cm³/mol. The first-order valence-electron chi connectivity index (χ1n) is 6.22. The number of aromatic nitrogens is 1. The Morgan fingerprint density at radius 3 is 2.90 bits per heavy atom. The van der Waals surface area contributed by atoms with Crippen molar-refractivity contribution in [3.8, 4) is 0 Å². The molecule has 0 saturated carbocycles. The highest BCUT2D eigenvalue weighted by molar-refractivity contribution is 7.89. The van der Waals surface area contributed by atoms with Gasteiger partial charge in [0.2, 0.25) is 10.0 Å². The second kappa shape index (κ2) is 5.84. The van der Waals surface area contributed by atoms with Gasteiger partial charge in [-0.3, -0.25) is 9.78 Å². The third-order valence-electron chi connectivity index (χ3n) is 3.33. The van der Waals surface area contributed by atoms with Crippen LogP contribution >= 0.6 is 0 Å². The van der Waals surface area contributed by atoms with Gasteiger partial charge in [0.25, 0.3) is 0 Å². The van der Waals surface area contributed by atoms with Crippen molar-refractivity contribution < 1.29 is 22.7 Å². The summed E-state index contributed by atoms with van der Waals surface area (Å²) in [7, 11) is -3.75. The summed E-state index contributed by atoms with van der Waals surface area (Å²) in [5, 5.41) is 8.63. The minimum absolute atomic E-state index is 0.0279. The van der Waals surface area contributed by atoms with E-state index < -0.39 is 21.8 Å². The fourth-order valence-electron chi connectivity index (χ4n) is 2.26. The molecule has 0 aliphatic carbocycles. The number of hydrogen-bond donors (Lipinski definition) is 1. The van der Waals surface area contributed by atoms with Gasteiger partial charge in [-0.25, -0.2) is 12.8 Å². The monoisotopic (exact) mass is 302 g/mol. The largest absolute Gasteiger partial charge is 0.481 e. The van der Waals surface area contributed by atoms with Gasteiger partial charge in [-0.05, 0) is 24.8 Å². The molecule has 110 valence electrons. The summed E-state index contributed by atoms with van der Waals surface area (Å²) in [5.74, 6) is -1.56. The average molecular weight is 302 g/mol. The van der Waals surface area contributed by atoms with Crippen molar-refractivity contribution in [3.63, 3.8) is 0 Å². The number of nitrogens with zero attached hydrogens (tertiary/aromatic N) is 2. The maximum atomic E-state index is 13.1. The molecule has 1 aliphatic rings. The maximum Gasteiger partial charge on any atom is 0.303 e. The second-order valence-electron chi connectivity index (χ2n) is 4.79. The highest BCUT2D eigenvalue weighted by Gasteiger charge is 2.32. The van der Waals surface area contributed by atoms with Crippen LogP contribution in [0.3, 0.4) is 0 Å². The number of sulfonamides is 1. The van der Waals surface area contributed by atoms with Crippen molar-refractivity contribution in [2.75, 3.05) is 13.1 Å². The lowest BCUT2D eigenvalue weighted by Gasteiger charge is -2.16. The summed E-state index contributed by atoms with van der Waals surface area (Å²) in [6, 6.07) is 0.937. The molecule has 1 atom stereocenters. The average Bonchev–Trinajstić information content (AvgIpc) is 2.86. The van der Waals surface area contributed by atoms with E-state index in [1.165, 1.54) is 4.31 Å². The summed E-state index contributed by atoms with van der Waals surface area (Å²) < 4.78 is 38.9. The van der Waals surface area contributed by atoms with E-state index in [1.54, 1.807) is 0 Å². The lowest BCUT2D eigenvalue weighted by Crippen LogP contribution is -2.29. The van der Waals surface area contributed by atoms with Gasteiger partial charge in [0, 0.05) is 25.7 Å². The Bertz CT molecular complexity index is 605. The van der Waals surface area contributed by atoms with E-state index in [1.807, 2.05) is 0 Å². The third-order valence-corrected chi connectivity index (χ3v) is 5.16. The molecule has 0 radical (unpaired) electrons. The standard InChI is InChI=1S/C12H15FN2O4S/c13-10-5-11(7-14-6-10)20(18,19)15-4-3-9(8-15)1-2-12(16)17/h5-7,9H,1-4,8H2,(H,16,17). The van der Waals surface area contributed by atoms with Crippen LogP contribution in [0.2, 0.25) is 0 Å². The molecule has 1 unspecified atom stereocenters. The molecule has 1 aromatic heterocycles. The number of halogens is 1. The van der Waals surface area contributed by atoms with Crippen LogP contribution in [0.1, 0.15) is 19.3 Å². The highest BCUT2D eigenvalue weighted by atomic mass is 32.2. The normalized spacial score (nSPS) is 20.1. The Labute approximate surface area is 116 Å². The number of pyridine rings is 1. The van der Waals surface area contributed by atoms with Gasteiger partial charge in [0.1, 0.15) is 10.7 Å². The number of rotatable bonds is 5. The molecule has 8 heteroatoms. The van der Waals surface area contributed by atoms with Gasteiger partial charge in [-0.2, -0.15) is 4.31 Å². The minimum atomic E-state index is -3.75. The SMILES string of the molecule is O=C(O)CCC1CCN(S(=O)(=O)c2cncc(F)c2)C1. The molecule has 0 amide bonds. The van der Waals surface area contributed by atoms with E-state index in [0.717, 1.165) is 18.5 Å². The number of hydrogen-bond acceptors (Lipinski definition) is 4. The first kappa shape index (κ1) is 14.9. The number of aliphatic carboxylic acids is 1. The van der Waals surface area contributed by atoms with Crippen molar-refractivity contribution in [1.82, 2.24) is 9.29 Å². The van der Waals surface area contributed by atoms with Crippen LogP contribution in [-0.4, -0.2) is 41.9 Å². The Morgan fingerprint density at radius 2 is 2.25 bits per heavy atom. The first-order valence-corrected chi connectivity index (χ1v) is 7.66. The molecule has 0 aromatic carbocycles. The molecule has 1 fully saturated rings. The second-order valence-corrected chi connectivity index (χ2v) is 6.73.